The van der Waals surface area contributed by atoms with Gasteiger partial charge in [0, 0.05) is 17.8 Å². The number of amides is 1. The van der Waals surface area contributed by atoms with Gasteiger partial charge in [0.1, 0.15) is 11.9 Å². The maximum Gasteiger partial charge on any atom is 0.411 e. The molecule has 2 atom stereocenters. The molecule has 0 aromatic heterocycles. The molecule has 2 unspecified atom stereocenters. The molecule has 0 bridgehead atoms. The van der Waals surface area contributed by atoms with E-state index in [0.29, 0.717) is 18.3 Å². The number of unbranched alkanes of at least 4 members (excludes halogenated alkanes) is 3. The third kappa shape index (κ3) is 7.34. The molecule has 1 N–H and O–H groups in total. The van der Waals surface area contributed by atoms with Gasteiger partial charge in [0.15, 0.2) is 0 Å². The number of carbonyl (C=O) groups excluding carboxylic acids is 1. The molecule has 1 saturated carbocycles. The van der Waals surface area contributed by atoms with Crippen LogP contribution in [0.4, 0.5) is 10.5 Å². The summed E-state index contributed by atoms with van der Waals surface area (Å²) in [4.78, 5) is 14.9. The number of rotatable bonds is 11. The van der Waals surface area contributed by atoms with Crippen LogP contribution in [-0.2, 0) is 4.74 Å². The molecule has 1 aromatic carbocycles. The summed E-state index contributed by atoms with van der Waals surface area (Å²) >= 11 is 0. The zero-order chi connectivity index (χ0) is 20.2. The van der Waals surface area contributed by atoms with Crippen LogP contribution in [0.5, 0.6) is 5.75 Å². The molecule has 5 nitrogen and oxygen atoms in total. The fourth-order valence-electron chi connectivity index (χ4n) is 3.99. The lowest BCUT2D eigenvalue weighted by atomic mass is 9.91. The smallest absolute Gasteiger partial charge is 0.411 e. The second-order valence-electron chi connectivity index (χ2n) is 7.58. The Hall–Kier alpha value is -1.75. The highest BCUT2D eigenvalue weighted by Crippen LogP contribution is 2.26. The summed E-state index contributed by atoms with van der Waals surface area (Å²) in [5, 5.41) is 2.88. The Kier molecular flexibility index (Phi) is 10.2. The first-order valence-corrected chi connectivity index (χ1v) is 11.1. The first-order chi connectivity index (χ1) is 13.7. The number of hydrogen-bond donors (Lipinski definition) is 1. The van der Waals surface area contributed by atoms with Gasteiger partial charge >= 0.3 is 6.09 Å². The largest absolute Gasteiger partial charge is 0.494 e. The van der Waals surface area contributed by atoms with Gasteiger partial charge in [-0.25, -0.2) is 4.79 Å². The lowest BCUT2D eigenvalue weighted by Crippen LogP contribution is -2.47. The fraction of sp³-hybridized carbons (Fsp3) is 0.696. The number of ether oxygens (including phenoxy) is 2. The minimum Gasteiger partial charge on any atom is -0.494 e. The Labute approximate surface area is 170 Å². The number of likely N-dealkylation sites (N-methyl/N-ethyl adjacent to an activating group) is 1. The molecule has 0 spiro atoms. The number of nitrogens with zero attached hydrogens (tertiary/aromatic N) is 1. The summed E-state index contributed by atoms with van der Waals surface area (Å²) in [5.41, 5.74) is 0.714. The molecule has 5 heteroatoms. The second kappa shape index (κ2) is 12.7. The Morgan fingerprint density at radius 2 is 1.89 bits per heavy atom. The molecule has 1 aliphatic rings. The van der Waals surface area contributed by atoms with Crippen molar-refractivity contribution in [2.45, 2.75) is 84.3 Å². The molecule has 28 heavy (non-hydrogen) atoms. The van der Waals surface area contributed by atoms with Crippen molar-refractivity contribution in [2.24, 2.45) is 0 Å². The highest BCUT2D eigenvalue weighted by molar-refractivity contribution is 5.85. The van der Waals surface area contributed by atoms with Crippen LogP contribution in [0, 0.1) is 0 Å². The lowest BCUT2D eigenvalue weighted by molar-refractivity contribution is 0.0125. The van der Waals surface area contributed by atoms with Gasteiger partial charge in [-0.05, 0) is 50.9 Å². The standard InChI is InChI=1S/C23H38N2O3/c1-4-7-8-11-17-27-20-14-12-13-19(18-20)24-23(26)28-22-16-10-9-15-21(22)25(5-2)6-3/h12-14,18,21-22H,4-11,15-17H2,1-3H3,(H,24,26). The molecule has 0 saturated heterocycles. The average Bonchev–Trinajstić information content (AvgIpc) is 2.70. The maximum atomic E-state index is 12.5. The number of carbonyl (C=O) groups is 1. The summed E-state index contributed by atoms with van der Waals surface area (Å²) in [6.07, 6.45) is 8.67. The number of anilines is 1. The SMILES string of the molecule is CCCCCCOc1cccc(NC(=O)OC2CCCCC2N(CC)CC)c1. The Morgan fingerprint density at radius 3 is 2.64 bits per heavy atom. The Morgan fingerprint density at radius 1 is 1.11 bits per heavy atom. The van der Waals surface area contributed by atoms with Crippen molar-refractivity contribution in [3.05, 3.63) is 24.3 Å². The van der Waals surface area contributed by atoms with Gasteiger partial charge in [-0.15, -0.1) is 0 Å². The minimum atomic E-state index is -0.371. The van der Waals surface area contributed by atoms with Crippen molar-refractivity contribution in [1.82, 2.24) is 4.90 Å². The van der Waals surface area contributed by atoms with E-state index in [1.54, 1.807) is 0 Å². The van der Waals surface area contributed by atoms with Gasteiger partial charge in [-0.2, -0.15) is 0 Å². The molecule has 0 radical (unpaired) electrons. The van der Waals surface area contributed by atoms with Crippen LogP contribution in [0.15, 0.2) is 24.3 Å². The van der Waals surface area contributed by atoms with E-state index in [4.69, 9.17) is 9.47 Å². The monoisotopic (exact) mass is 390 g/mol. The van der Waals surface area contributed by atoms with E-state index in [2.05, 4.69) is 31.0 Å². The van der Waals surface area contributed by atoms with Crippen LogP contribution in [-0.4, -0.2) is 42.8 Å². The van der Waals surface area contributed by atoms with E-state index in [9.17, 15) is 4.79 Å². The van der Waals surface area contributed by atoms with Gasteiger partial charge < -0.3 is 9.47 Å². The normalized spacial score (nSPS) is 19.4. The van der Waals surface area contributed by atoms with Gasteiger partial charge in [0.05, 0.1) is 6.61 Å². The third-order valence-corrected chi connectivity index (χ3v) is 5.55. The minimum absolute atomic E-state index is 0.0355. The molecule has 0 aliphatic heterocycles. The van der Waals surface area contributed by atoms with Crippen molar-refractivity contribution >= 4 is 11.8 Å². The number of nitrogens with one attached hydrogen (secondary N) is 1. The third-order valence-electron chi connectivity index (χ3n) is 5.55. The quantitative estimate of drug-likeness (QED) is 0.482. The molecule has 1 fully saturated rings. The highest BCUT2D eigenvalue weighted by atomic mass is 16.6. The maximum absolute atomic E-state index is 12.5. The van der Waals surface area contributed by atoms with Gasteiger partial charge in [0.2, 0.25) is 0 Å². The van der Waals surface area contributed by atoms with Crippen LogP contribution in [0.2, 0.25) is 0 Å². The number of hydrogen-bond acceptors (Lipinski definition) is 4. The molecule has 2 rings (SSSR count). The van der Waals surface area contributed by atoms with Crippen LogP contribution in [0.3, 0.4) is 0 Å². The summed E-state index contributed by atoms with van der Waals surface area (Å²) < 4.78 is 11.6. The van der Waals surface area contributed by atoms with Crippen LogP contribution in [0.25, 0.3) is 0 Å². The number of benzene rings is 1. The van der Waals surface area contributed by atoms with Crippen molar-refractivity contribution in [1.29, 1.82) is 0 Å². The average molecular weight is 391 g/mol. The van der Waals surface area contributed by atoms with Gasteiger partial charge in [-0.1, -0.05) is 52.5 Å². The van der Waals surface area contributed by atoms with Crippen molar-refractivity contribution in [3.63, 3.8) is 0 Å². The predicted octanol–water partition coefficient (Wildman–Crippen LogP) is 5.85. The molecule has 1 amide bonds. The molecule has 0 heterocycles. The zero-order valence-corrected chi connectivity index (χ0v) is 17.9. The summed E-state index contributed by atoms with van der Waals surface area (Å²) in [7, 11) is 0. The summed E-state index contributed by atoms with van der Waals surface area (Å²) in [5.74, 6) is 0.785. The van der Waals surface area contributed by atoms with Gasteiger partial charge in [-0.3, -0.25) is 10.2 Å². The Balaban J connectivity index is 1.85. The first kappa shape index (κ1) is 22.5. The van der Waals surface area contributed by atoms with Crippen LogP contribution in [0.1, 0.15) is 72.1 Å². The predicted molar refractivity (Wildman–Crippen MR) is 115 cm³/mol. The lowest BCUT2D eigenvalue weighted by Gasteiger charge is -2.38. The fourth-order valence-corrected chi connectivity index (χ4v) is 3.99. The summed E-state index contributed by atoms with van der Waals surface area (Å²) in [6, 6.07) is 7.88. The van der Waals surface area contributed by atoms with Crippen molar-refractivity contribution in [3.8, 4) is 5.75 Å². The van der Waals surface area contributed by atoms with E-state index in [1.165, 1.54) is 25.7 Å². The molecule has 1 aliphatic carbocycles. The van der Waals surface area contributed by atoms with Gasteiger partial charge in [0.25, 0.3) is 0 Å². The van der Waals surface area contributed by atoms with Crippen molar-refractivity contribution in [2.75, 3.05) is 25.0 Å². The van der Waals surface area contributed by atoms with Crippen LogP contribution >= 0.6 is 0 Å². The molecular weight excluding hydrogens is 352 g/mol. The first-order valence-electron chi connectivity index (χ1n) is 11.1. The second-order valence-corrected chi connectivity index (χ2v) is 7.58. The van der Waals surface area contributed by atoms with E-state index >= 15 is 0 Å². The summed E-state index contributed by atoms with van der Waals surface area (Å²) in [6.45, 7) is 9.22. The Bertz CT molecular complexity index is 575. The van der Waals surface area contributed by atoms with E-state index < -0.39 is 0 Å². The highest BCUT2D eigenvalue weighted by Gasteiger charge is 2.31. The van der Waals surface area contributed by atoms with E-state index in [-0.39, 0.29) is 12.2 Å². The van der Waals surface area contributed by atoms with Crippen LogP contribution < -0.4 is 10.1 Å². The van der Waals surface area contributed by atoms with E-state index in [0.717, 1.165) is 44.5 Å². The molecule has 158 valence electrons. The van der Waals surface area contributed by atoms with E-state index in [1.807, 2.05) is 24.3 Å². The zero-order valence-electron chi connectivity index (χ0n) is 17.9. The van der Waals surface area contributed by atoms with Crippen molar-refractivity contribution < 1.29 is 14.3 Å². The molecular formula is C23H38N2O3. The topological polar surface area (TPSA) is 50.8 Å². The molecule has 1 aromatic rings.